The molecule has 0 N–H and O–H groups in total. The van der Waals surface area contributed by atoms with Gasteiger partial charge in [0, 0.05) is 11.1 Å². The summed E-state index contributed by atoms with van der Waals surface area (Å²) in [5.74, 6) is -0.879. The van der Waals surface area contributed by atoms with Gasteiger partial charge in [-0.05, 0) is 18.2 Å². The molecule has 0 saturated carbocycles. The molecular weight excluding hydrogens is 182 g/mol. The van der Waals surface area contributed by atoms with Crippen molar-refractivity contribution < 1.29 is 8.78 Å². The highest BCUT2D eigenvalue weighted by molar-refractivity contribution is 5.64. The first kappa shape index (κ1) is 8.88. The van der Waals surface area contributed by atoms with Crippen molar-refractivity contribution in [3.8, 4) is 11.1 Å². The summed E-state index contributed by atoms with van der Waals surface area (Å²) in [7, 11) is 0. The van der Waals surface area contributed by atoms with E-state index >= 15 is 0 Å². The Labute approximate surface area is 80.8 Å². The monoisotopic (exact) mass is 189 g/mol. The van der Waals surface area contributed by atoms with Crippen LogP contribution >= 0.6 is 0 Å². The molecule has 0 aromatic heterocycles. The molecule has 0 aliphatic heterocycles. The Morgan fingerprint density at radius 1 is 0.857 bits per heavy atom. The lowest BCUT2D eigenvalue weighted by atomic mass is 10.0. The van der Waals surface area contributed by atoms with Crippen LogP contribution in [0.5, 0.6) is 0 Å². The first-order valence-corrected chi connectivity index (χ1v) is 4.19. The van der Waals surface area contributed by atoms with Crippen molar-refractivity contribution in [2.45, 2.75) is 0 Å². The number of hydrogen-bond acceptors (Lipinski definition) is 0. The third-order valence-electron chi connectivity index (χ3n) is 1.98. The maximum Gasteiger partial charge on any atom is 0.131 e. The topological polar surface area (TPSA) is 0 Å². The van der Waals surface area contributed by atoms with Crippen LogP contribution in [0.2, 0.25) is 0 Å². The molecule has 0 saturated heterocycles. The molecule has 0 heterocycles. The summed E-state index contributed by atoms with van der Waals surface area (Å²) in [6, 6.07) is 13.0. The van der Waals surface area contributed by atoms with Gasteiger partial charge in [0.05, 0.1) is 0 Å². The van der Waals surface area contributed by atoms with Crippen LogP contribution in [0.4, 0.5) is 8.78 Å². The zero-order valence-corrected chi connectivity index (χ0v) is 7.30. The van der Waals surface area contributed by atoms with Crippen molar-refractivity contribution in [1.82, 2.24) is 0 Å². The summed E-state index contributed by atoms with van der Waals surface area (Å²) in [5.41, 5.74) is 0.542. The highest BCUT2D eigenvalue weighted by Gasteiger charge is 2.07. The van der Waals surface area contributed by atoms with E-state index in [1.54, 1.807) is 24.3 Å². The van der Waals surface area contributed by atoms with Gasteiger partial charge in [-0.1, -0.05) is 30.3 Å². The van der Waals surface area contributed by atoms with Gasteiger partial charge in [-0.2, -0.15) is 0 Å². The Morgan fingerprint density at radius 3 is 2.29 bits per heavy atom. The van der Waals surface area contributed by atoms with Crippen molar-refractivity contribution in [3.05, 3.63) is 60.2 Å². The van der Waals surface area contributed by atoms with E-state index in [9.17, 15) is 8.78 Å². The van der Waals surface area contributed by atoms with Crippen molar-refractivity contribution in [2.75, 3.05) is 0 Å². The van der Waals surface area contributed by atoms with Crippen LogP contribution in [-0.2, 0) is 0 Å². The van der Waals surface area contributed by atoms with Gasteiger partial charge < -0.3 is 0 Å². The van der Waals surface area contributed by atoms with E-state index in [0.29, 0.717) is 0 Å². The van der Waals surface area contributed by atoms with Crippen molar-refractivity contribution in [2.24, 2.45) is 0 Å². The fourth-order valence-corrected chi connectivity index (χ4v) is 1.31. The number of rotatable bonds is 1. The van der Waals surface area contributed by atoms with E-state index in [-0.39, 0.29) is 11.1 Å². The second kappa shape index (κ2) is 3.58. The minimum Gasteiger partial charge on any atom is -0.206 e. The molecule has 0 bridgehead atoms. The van der Waals surface area contributed by atoms with Crippen LogP contribution in [0, 0.1) is 17.7 Å². The highest BCUT2D eigenvalue weighted by atomic mass is 19.1. The fourth-order valence-electron chi connectivity index (χ4n) is 1.31. The molecule has 2 aromatic rings. The Balaban J connectivity index is 2.61. The maximum absolute atomic E-state index is 13.3. The zero-order valence-electron chi connectivity index (χ0n) is 7.30. The van der Waals surface area contributed by atoms with Crippen LogP contribution in [0.3, 0.4) is 0 Å². The molecule has 0 amide bonds. The summed E-state index contributed by atoms with van der Waals surface area (Å²) < 4.78 is 26.5. The largest absolute Gasteiger partial charge is 0.206 e. The molecule has 2 aromatic carbocycles. The van der Waals surface area contributed by atoms with Crippen molar-refractivity contribution in [1.29, 1.82) is 0 Å². The third kappa shape index (κ3) is 1.51. The summed E-state index contributed by atoms with van der Waals surface area (Å²) in [6.45, 7) is 0. The molecular formula is C12H7F2. The molecule has 0 aliphatic rings. The van der Waals surface area contributed by atoms with E-state index < -0.39 is 11.6 Å². The summed E-state index contributed by atoms with van der Waals surface area (Å²) in [5, 5.41) is 0. The average Bonchev–Trinajstić information content (AvgIpc) is 2.20. The third-order valence-corrected chi connectivity index (χ3v) is 1.98. The van der Waals surface area contributed by atoms with Gasteiger partial charge in [-0.3, -0.25) is 0 Å². The number of halogens is 2. The average molecular weight is 189 g/mol. The van der Waals surface area contributed by atoms with Crippen LogP contribution in [0.15, 0.2) is 42.5 Å². The van der Waals surface area contributed by atoms with Gasteiger partial charge in [-0.15, -0.1) is 0 Å². The molecule has 2 heteroatoms. The second-order valence-corrected chi connectivity index (χ2v) is 2.89. The molecule has 0 fully saturated rings. The first-order chi connectivity index (χ1) is 6.79. The standard InChI is InChI=1S/C12H7F2/c13-11-7-3-1-5-9(11)10-6-2-4-8-12(10)14/h1-3,5-8H. The summed E-state index contributed by atoms with van der Waals surface area (Å²) >= 11 is 0. The van der Waals surface area contributed by atoms with Gasteiger partial charge in [0.25, 0.3) is 0 Å². The van der Waals surface area contributed by atoms with Crippen molar-refractivity contribution >= 4 is 0 Å². The van der Waals surface area contributed by atoms with E-state index in [2.05, 4.69) is 6.07 Å². The smallest absolute Gasteiger partial charge is 0.131 e. The van der Waals surface area contributed by atoms with E-state index in [1.165, 1.54) is 18.2 Å². The summed E-state index contributed by atoms with van der Waals surface area (Å²) in [4.78, 5) is 0. The lowest BCUT2D eigenvalue weighted by Gasteiger charge is -2.03. The Hall–Kier alpha value is -1.70. The molecule has 14 heavy (non-hydrogen) atoms. The SMILES string of the molecule is Fc1c[c]ccc1-c1ccccc1F. The van der Waals surface area contributed by atoms with Gasteiger partial charge in [0.1, 0.15) is 11.6 Å². The maximum atomic E-state index is 13.3. The van der Waals surface area contributed by atoms with Crippen molar-refractivity contribution in [3.63, 3.8) is 0 Å². The molecule has 0 atom stereocenters. The van der Waals surface area contributed by atoms with Gasteiger partial charge >= 0.3 is 0 Å². The lowest BCUT2D eigenvalue weighted by Crippen LogP contribution is -1.87. The minimum absolute atomic E-state index is 0.266. The Kier molecular flexibility index (Phi) is 2.27. The van der Waals surface area contributed by atoms with E-state index in [0.717, 1.165) is 0 Å². The van der Waals surface area contributed by atoms with Crippen LogP contribution < -0.4 is 0 Å². The predicted molar refractivity (Wildman–Crippen MR) is 50.6 cm³/mol. The molecule has 0 nitrogen and oxygen atoms in total. The minimum atomic E-state index is -0.461. The summed E-state index contributed by atoms with van der Waals surface area (Å²) in [6.07, 6.45) is 0. The van der Waals surface area contributed by atoms with Gasteiger partial charge in [0.15, 0.2) is 0 Å². The molecule has 0 unspecified atom stereocenters. The van der Waals surface area contributed by atoms with E-state index in [4.69, 9.17) is 0 Å². The van der Waals surface area contributed by atoms with Crippen LogP contribution in [-0.4, -0.2) is 0 Å². The van der Waals surface area contributed by atoms with Gasteiger partial charge in [-0.25, -0.2) is 8.78 Å². The van der Waals surface area contributed by atoms with Crippen LogP contribution in [0.1, 0.15) is 0 Å². The molecule has 0 spiro atoms. The van der Waals surface area contributed by atoms with Gasteiger partial charge in [0.2, 0.25) is 0 Å². The number of benzene rings is 2. The second-order valence-electron chi connectivity index (χ2n) is 2.89. The Morgan fingerprint density at radius 2 is 1.57 bits per heavy atom. The van der Waals surface area contributed by atoms with Crippen LogP contribution in [0.25, 0.3) is 11.1 Å². The highest BCUT2D eigenvalue weighted by Crippen LogP contribution is 2.24. The fraction of sp³-hybridized carbons (Fsp3) is 0. The quantitative estimate of drug-likeness (QED) is 0.644. The molecule has 0 aliphatic carbocycles. The normalized spacial score (nSPS) is 10.1. The molecule has 1 radical (unpaired) electrons. The van der Waals surface area contributed by atoms with E-state index in [1.807, 2.05) is 0 Å². The lowest BCUT2D eigenvalue weighted by molar-refractivity contribution is 0.616. The Bertz CT molecular complexity index is 406. The predicted octanol–water partition coefficient (Wildman–Crippen LogP) is 3.43. The first-order valence-electron chi connectivity index (χ1n) is 4.19. The zero-order chi connectivity index (χ0) is 9.97. The molecule has 2 rings (SSSR count). The number of hydrogen-bond donors (Lipinski definition) is 0. The molecule has 69 valence electrons.